The Kier molecular flexibility index (Phi) is 4.10. The van der Waals surface area contributed by atoms with E-state index in [1.807, 2.05) is 6.07 Å². The molecule has 1 saturated carbocycles. The second-order valence-corrected chi connectivity index (χ2v) is 6.71. The fraction of sp³-hybridized carbons (Fsp3) is 0.588. The van der Waals surface area contributed by atoms with E-state index in [1.54, 1.807) is 12.3 Å². The zero-order valence-electron chi connectivity index (χ0n) is 13.6. The molecule has 24 heavy (non-hydrogen) atoms. The van der Waals surface area contributed by atoms with Crippen molar-refractivity contribution in [3.63, 3.8) is 0 Å². The van der Waals surface area contributed by atoms with Crippen LogP contribution in [0.1, 0.15) is 49.6 Å². The third kappa shape index (κ3) is 2.84. The summed E-state index contributed by atoms with van der Waals surface area (Å²) < 4.78 is 10.8. The summed E-state index contributed by atoms with van der Waals surface area (Å²) in [5.74, 6) is 1.73. The third-order valence-electron chi connectivity index (χ3n) is 5.25. The van der Waals surface area contributed by atoms with E-state index in [4.69, 9.17) is 8.94 Å². The third-order valence-corrected chi connectivity index (χ3v) is 5.25. The highest BCUT2D eigenvalue weighted by molar-refractivity contribution is 5.77. The molecule has 0 aromatic carbocycles. The molecule has 0 spiro atoms. The fourth-order valence-electron chi connectivity index (χ4n) is 4.00. The number of fused-ring (bicyclic) bond motifs is 1. The van der Waals surface area contributed by atoms with Crippen molar-refractivity contribution in [2.75, 3.05) is 6.54 Å². The van der Waals surface area contributed by atoms with Gasteiger partial charge in [-0.15, -0.1) is 0 Å². The molecule has 3 heterocycles. The first-order chi connectivity index (χ1) is 11.8. The van der Waals surface area contributed by atoms with Crippen LogP contribution < -0.4 is 10.6 Å². The second kappa shape index (κ2) is 6.39. The molecule has 128 valence electrons. The standard InChI is InChI=1S/C17H22N4O3/c22-15(19-11-12-4-3-9-23-12)10-14-20-16(24-21-14)17-6-2-1-5-13(17)18-8-7-17/h3-4,9,13,18H,1-2,5-8,10-11H2,(H,19,22)/t13-,17+/m0/s1. The highest BCUT2D eigenvalue weighted by atomic mass is 16.5. The average molecular weight is 330 g/mol. The van der Waals surface area contributed by atoms with Crippen molar-refractivity contribution in [3.05, 3.63) is 35.9 Å². The lowest BCUT2D eigenvalue weighted by Crippen LogP contribution is -2.43. The fourth-order valence-corrected chi connectivity index (χ4v) is 4.00. The van der Waals surface area contributed by atoms with E-state index >= 15 is 0 Å². The molecule has 0 bridgehead atoms. The topological polar surface area (TPSA) is 93.2 Å². The molecule has 7 heteroatoms. The molecule has 1 aliphatic carbocycles. The maximum atomic E-state index is 12.0. The molecule has 1 saturated heterocycles. The van der Waals surface area contributed by atoms with E-state index in [0.717, 1.165) is 31.6 Å². The number of furan rings is 1. The van der Waals surface area contributed by atoms with Crippen LogP contribution in [-0.4, -0.2) is 28.6 Å². The second-order valence-electron chi connectivity index (χ2n) is 6.71. The predicted molar refractivity (Wildman–Crippen MR) is 85.1 cm³/mol. The van der Waals surface area contributed by atoms with Crippen molar-refractivity contribution in [1.29, 1.82) is 0 Å². The Balaban J connectivity index is 1.40. The number of nitrogens with zero attached hydrogens (tertiary/aromatic N) is 2. The molecule has 1 aliphatic heterocycles. The minimum atomic E-state index is -0.138. The van der Waals surface area contributed by atoms with Crippen LogP contribution in [0.25, 0.3) is 0 Å². The van der Waals surface area contributed by atoms with Gasteiger partial charge in [-0.1, -0.05) is 18.0 Å². The maximum absolute atomic E-state index is 12.0. The molecule has 4 rings (SSSR count). The minimum Gasteiger partial charge on any atom is -0.467 e. The van der Waals surface area contributed by atoms with Crippen LogP contribution in [0.2, 0.25) is 0 Å². The number of carbonyl (C=O) groups is 1. The van der Waals surface area contributed by atoms with Crippen LogP contribution >= 0.6 is 0 Å². The Bertz CT molecular complexity index is 697. The van der Waals surface area contributed by atoms with Crippen LogP contribution in [0, 0.1) is 0 Å². The first-order valence-corrected chi connectivity index (χ1v) is 8.62. The van der Waals surface area contributed by atoms with Gasteiger partial charge in [0.2, 0.25) is 11.8 Å². The highest BCUT2D eigenvalue weighted by Crippen LogP contribution is 2.44. The largest absolute Gasteiger partial charge is 0.467 e. The van der Waals surface area contributed by atoms with E-state index in [1.165, 1.54) is 12.8 Å². The molecule has 2 aromatic rings. The number of hydrogen-bond acceptors (Lipinski definition) is 6. The number of carbonyl (C=O) groups excluding carboxylic acids is 1. The first-order valence-electron chi connectivity index (χ1n) is 8.62. The van der Waals surface area contributed by atoms with Gasteiger partial charge in [0, 0.05) is 6.04 Å². The van der Waals surface area contributed by atoms with Gasteiger partial charge in [0.25, 0.3) is 0 Å². The van der Waals surface area contributed by atoms with Gasteiger partial charge < -0.3 is 19.6 Å². The zero-order chi connectivity index (χ0) is 16.4. The van der Waals surface area contributed by atoms with E-state index in [-0.39, 0.29) is 17.7 Å². The van der Waals surface area contributed by atoms with Crippen LogP contribution in [0.15, 0.2) is 27.3 Å². The zero-order valence-corrected chi connectivity index (χ0v) is 13.6. The van der Waals surface area contributed by atoms with Gasteiger partial charge in [-0.25, -0.2) is 0 Å². The number of nitrogens with one attached hydrogen (secondary N) is 2. The highest BCUT2D eigenvalue weighted by Gasteiger charge is 2.49. The van der Waals surface area contributed by atoms with Crippen molar-refractivity contribution in [3.8, 4) is 0 Å². The van der Waals surface area contributed by atoms with Crippen molar-refractivity contribution >= 4 is 5.91 Å². The van der Waals surface area contributed by atoms with Crippen LogP contribution in [0.4, 0.5) is 0 Å². The molecular weight excluding hydrogens is 308 g/mol. The molecule has 1 amide bonds. The molecule has 2 N–H and O–H groups in total. The van der Waals surface area contributed by atoms with Gasteiger partial charge in [0.1, 0.15) is 5.76 Å². The molecule has 2 fully saturated rings. The Morgan fingerprint density at radius 3 is 3.25 bits per heavy atom. The lowest BCUT2D eigenvalue weighted by Gasteiger charge is -2.35. The number of amides is 1. The monoisotopic (exact) mass is 330 g/mol. The summed E-state index contributed by atoms with van der Waals surface area (Å²) in [6.45, 7) is 1.36. The summed E-state index contributed by atoms with van der Waals surface area (Å²) in [6, 6.07) is 4.04. The van der Waals surface area contributed by atoms with Crippen LogP contribution in [-0.2, 0) is 23.2 Å². The van der Waals surface area contributed by atoms with Gasteiger partial charge in [-0.05, 0) is 37.9 Å². The molecule has 0 radical (unpaired) electrons. The van der Waals surface area contributed by atoms with E-state index in [2.05, 4.69) is 20.8 Å². The quantitative estimate of drug-likeness (QED) is 0.867. The van der Waals surface area contributed by atoms with Crippen molar-refractivity contribution in [1.82, 2.24) is 20.8 Å². The van der Waals surface area contributed by atoms with E-state index in [9.17, 15) is 4.79 Å². The molecule has 0 unspecified atom stereocenters. The molecule has 2 atom stereocenters. The Labute approximate surface area is 140 Å². The lowest BCUT2D eigenvalue weighted by molar-refractivity contribution is -0.120. The normalized spacial score (nSPS) is 26.2. The minimum absolute atomic E-state index is 0.0336. The molecular formula is C17H22N4O3. The van der Waals surface area contributed by atoms with Gasteiger partial charge in [-0.3, -0.25) is 4.79 Å². The van der Waals surface area contributed by atoms with Crippen LogP contribution in [0.3, 0.4) is 0 Å². The van der Waals surface area contributed by atoms with Crippen molar-refractivity contribution in [2.45, 2.75) is 56.5 Å². The summed E-state index contributed by atoms with van der Waals surface area (Å²) in [4.78, 5) is 16.6. The number of rotatable bonds is 5. The van der Waals surface area contributed by atoms with Gasteiger partial charge >= 0.3 is 0 Å². The summed E-state index contributed by atoms with van der Waals surface area (Å²) >= 11 is 0. The van der Waals surface area contributed by atoms with Gasteiger partial charge in [0.05, 0.1) is 24.6 Å². The van der Waals surface area contributed by atoms with Gasteiger partial charge in [-0.2, -0.15) is 4.98 Å². The number of aromatic nitrogens is 2. The lowest BCUT2D eigenvalue weighted by atomic mass is 9.70. The predicted octanol–water partition coefficient (Wildman–Crippen LogP) is 1.70. The van der Waals surface area contributed by atoms with Crippen molar-refractivity contribution < 1.29 is 13.7 Å². The summed E-state index contributed by atoms with van der Waals surface area (Å²) in [5.41, 5.74) is -0.0336. The van der Waals surface area contributed by atoms with Crippen molar-refractivity contribution in [2.24, 2.45) is 0 Å². The molecule has 2 aromatic heterocycles. The van der Waals surface area contributed by atoms with E-state index in [0.29, 0.717) is 24.3 Å². The Morgan fingerprint density at radius 1 is 1.42 bits per heavy atom. The maximum Gasteiger partial charge on any atom is 0.234 e. The Morgan fingerprint density at radius 2 is 2.38 bits per heavy atom. The summed E-state index contributed by atoms with van der Waals surface area (Å²) in [5, 5.41) is 10.4. The van der Waals surface area contributed by atoms with E-state index < -0.39 is 0 Å². The molecule has 7 nitrogen and oxygen atoms in total. The SMILES string of the molecule is O=C(Cc1noc([C@@]23CCCC[C@@H]2NCC3)n1)NCc1ccco1. The first kappa shape index (κ1) is 15.4. The summed E-state index contributed by atoms with van der Waals surface area (Å²) in [7, 11) is 0. The van der Waals surface area contributed by atoms with Gasteiger partial charge in [0.15, 0.2) is 5.82 Å². The summed E-state index contributed by atoms with van der Waals surface area (Å²) in [6.07, 6.45) is 7.41. The molecule has 2 aliphatic rings. The Hall–Kier alpha value is -2.15. The number of hydrogen-bond donors (Lipinski definition) is 2. The smallest absolute Gasteiger partial charge is 0.234 e. The van der Waals surface area contributed by atoms with Crippen LogP contribution in [0.5, 0.6) is 0 Å². The average Bonchev–Trinajstić information content (AvgIpc) is 3.33.